The van der Waals surface area contributed by atoms with Crippen LogP contribution in [0.1, 0.15) is 40.4 Å². The van der Waals surface area contributed by atoms with E-state index >= 15 is 0 Å². The van der Waals surface area contributed by atoms with Gasteiger partial charge in [0.05, 0.1) is 40.7 Å². The number of thiocarbonyl (C=S) groups is 1. The third-order valence-corrected chi connectivity index (χ3v) is 7.09. The highest BCUT2D eigenvalue weighted by Crippen LogP contribution is 2.42. The largest absolute Gasteiger partial charge is 0.352 e. The molecule has 0 saturated carbocycles. The van der Waals surface area contributed by atoms with Gasteiger partial charge in [0.15, 0.2) is 5.11 Å². The average Bonchev–Trinajstić information content (AvgIpc) is 3.30. The number of hydrogen-bond acceptors (Lipinski definition) is 3. The molecule has 0 spiro atoms. The van der Waals surface area contributed by atoms with Gasteiger partial charge >= 0.3 is 0 Å². The molecule has 1 fully saturated rings. The summed E-state index contributed by atoms with van der Waals surface area (Å²) in [5.74, 6) is 0. The molecule has 8 heteroatoms. The molecular weight excluding hydrogens is 485 g/mol. The Labute approximate surface area is 214 Å². The lowest BCUT2D eigenvalue weighted by atomic mass is 9.96. The average molecular weight is 508 g/mol. The molecule has 2 atom stereocenters. The lowest BCUT2D eigenvalue weighted by Gasteiger charge is -2.28. The van der Waals surface area contributed by atoms with Crippen molar-refractivity contribution in [3.63, 3.8) is 0 Å². The predicted molar refractivity (Wildman–Crippen MR) is 140 cm³/mol. The van der Waals surface area contributed by atoms with Crippen LogP contribution >= 0.6 is 35.4 Å². The van der Waals surface area contributed by atoms with Crippen molar-refractivity contribution in [3.05, 3.63) is 111 Å². The van der Waals surface area contributed by atoms with Gasteiger partial charge in [-0.1, -0.05) is 35.3 Å². The Morgan fingerprint density at radius 2 is 1.74 bits per heavy atom. The summed E-state index contributed by atoms with van der Waals surface area (Å²) in [5.41, 5.74) is 6.10. The molecule has 1 aliphatic rings. The fourth-order valence-corrected chi connectivity index (χ4v) is 5.50. The van der Waals surface area contributed by atoms with Crippen LogP contribution in [0.25, 0.3) is 5.69 Å². The van der Waals surface area contributed by atoms with Crippen molar-refractivity contribution in [3.8, 4) is 5.69 Å². The minimum atomic E-state index is -0.105. The zero-order chi connectivity index (χ0) is 23.8. The van der Waals surface area contributed by atoms with E-state index in [4.69, 9.17) is 35.4 Å². The Bertz CT molecular complexity index is 1340. The first-order valence-corrected chi connectivity index (χ1v) is 12.1. The van der Waals surface area contributed by atoms with Crippen LogP contribution in [0.4, 0.5) is 0 Å². The summed E-state index contributed by atoms with van der Waals surface area (Å²) < 4.78 is 2.17. The summed E-state index contributed by atoms with van der Waals surface area (Å²) in [7, 11) is 0. The SMILES string of the molecule is Cc1cc([C@@H]2[C@H](c3ccccn3)NC(=S)N2Cc2ccccn2)c(C)n1-c1ccc(Cl)cc1Cl. The van der Waals surface area contributed by atoms with E-state index in [1.165, 1.54) is 0 Å². The van der Waals surface area contributed by atoms with Crippen molar-refractivity contribution in [2.75, 3.05) is 0 Å². The zero-order valence-corrected chi connectivity index (χ0v) is 21.1. The fourth-order valence-electron chi connectivity index (χ4n) is 4.70. The van der Waals surface area contributed by atoms with Crippen LogP contribution in [-0.2, 0) is 6.54 Å². The molecule has 5 rings (SSSR count). The molecular formula is C26H23Cl2N5S. The van der Waals surface area contributed by atoms with Gasteiger partial charge in [-0.2, -0.15) is 0 Å². The maximum Gasteiger partial charge on any atom is 0.170 e. The fraction of sp³-hybridized carbons (Fsp3) is 0.192. The second-order valence-electron chi connectivity index (χ2n) is 8.33. The molecule has 0 bridgehead atoms. The number of pyridine rings is 2. The maximum atomic E-state index is 6.59. The minimum Gasteiger partial charge on any atom is -0.352 e. The van der Waals surface area contributed by atoms with E-state index in [-0.39, 0.29) is 12.1 Å². The van der Waals surface area contributed by atoms with Crippen molar-refractivity contribution in [2.45, 2.75) is 32.5 Å². The smallest absolute Gasteiger partial charge is 0.170 e. The molecule has 3 aromatic heterocycles. The highest BCUT2D eigenvalue weighted by atomic mass is 35.5. The Morgan fingerprint density at radius 1 is 0.971 bits per heavy atom. The second-order valence-corrected chi connectivity index (χ2v) is 9.56. The molecule has 0 aliphatic carbocycles. The number of nitrogens with zero attached hydrogens (tertiary/aromatic N) is 4. The number of rotatable bonds is 5. The summed E-state index contributed by atoms with van der Waals surface area (Å²) in [5, 5.41) is 5.41. The molecule has 0 amide bonds. The molecule has 5 nitrogen and oxygen atoms in total. The van der Waals surface area contributed by atoms with E-state index in [1.54, 1.807) is 6.07 Å². The first kappa shape index (κ1) is 22.8. The summed E-state index contributed by atoms with van der Waals surface area (Å²) in [6.07, 6.45) is 3.62. The molecule has 34 heavy (non-hydrogen) atoms. The number of aryl methyl sites for hydroxylation is 1. The number of aromatic nitrogens is 3. The van der Waals surface area contributed by atoms with E-state index in [1.807, 2.05) is 60.9 Å². The Balaban J connectivity index is 1.63. The highest BCUT2D eigenvalue weighted by molar-refractivity contribution is 7.80. The van der Waals surface area contributed by atoms with Gasteiger partial charge in [0.2, 0.25) is 0 Å². The van der Waals surface area contributed by atoms with Crippen LogP contribution in [-0.4, -0.2) is 24.5 Å². The number of nitrogens with one attached hydrogen (secondary N) is 1. The van der Waals surface area contributed by atoms with Gasteiger partial charge in [-0.05, 0) is 80.2 Å². The van der Waals surface area contributed by atoms with E-state index in [0.29, 0.717) is 21.7 Å². The molecule has 4 heterocycles. The van der Waals surface area contributed by atoms with Crippen molar-refractivity contribution in [2.24, 2.45) is 0 Å². The summed E-state index contributed by atoms with van der Waals surface area (Å²) >= 11 is 18.6. The molecule has 0 radical (unpaired) electrons. The van der Waals surface area contributed by atoms with Gasteiger partial charge in [0.1, 0.15) is 0 Å². The van der Waals surface area contributed by atoms with Crippen LogP contribution in [0.15, 0.2) is 73.1 Å². The quantitative estimate of drug-likeness (QED) is 0.318. The monoisotopic (exact) mass is 507 g/mol. The zero-order valence-electron chi connectivity index (χ0n) is 18.7. The molecule has 1 N–H and O–H groups in total. The van der Waals surface area contributed by atoms with E-state index < -0.39 is 0 Å². The van der Waals surface area contributed by atoms with Crippen LogP contribution < -0.4 is 5.32 Å². The van der Waals surface area contributed by atoms with Gasteiger partial charge in [-0.25, -0.2) is 0 Å². The van der Waals surface area contributed by atoms with Crippen molar-refractivity contribution in [1.29, 1.82) is 0 Å². The Morgan fingerprint density at radius 3 is 2.41 bits per heavy atom. The molecule has 0 unspecified atom stereocenters. The number of hydrogen-bond donors (Lipinski definition) is 1. The molecule has 1 aliphatic heterocycles. The topological polar surface area (TPSA) is 46.0 Å². The van der Waals surface area contributed by atoms with Gasteiger partial charge < -0.3 is 14.8 Å². The Hall–Kier alpha value is -2.93. The lowest BCUT2D eigenvalue weighted by molar-refractivity contribution is 0.307. The van der Waals surface area contributed by atoms with Gasteiger partial charge in [-0.15, -0.1) is 0 Å². The van der Waals surface area contributed by atoms with Crippen LogP contribution in [0, 0.1) is 13.8 Å². The molecule has 1 aromatic carbocycles. The maximum absolute atomic E-state index is 6.59. The summed E-state index contributed by atoms with van der Waals surface area (Å²) in [6.45, 7) is 4.79. The van der Waals surface area contributed by atoms with E-state index in [0.717, 1.165) is 34.0 Å². The van der Waals surface area contributed by atoms with Crippen molar-refractivity contribution < 1.29 is 0 Å². The summed E-state index contributed by atoms with van der Waals surface area (Å²) in [4.78, 5) is 11.4. The van der Waals surface area contributed by atoms with Crippen LogP contribution in [0.2, 0.25) is 10.0 Å². The third-order valence-electron chi connectivity index (χ3n) is 6.20. The summed E-state index contributed by atoms with van der Waals surface area (Å²) in [6, 6.07) is 19.5. The predicted octanol–water partition coefficient (Wildman–Crippen LogP) is 6.36. The normalized spacial score (nSPS) is 17.8. The number of benzene rings is 1. The van der Waals surface area contributed by atoms with Crippen molar-refractivity contribution in [1.82, 2.24) is 24.8 Å². The molecule has 1 saturated heterocycles. The van der Waals surface area contributed by atoms with Gasteiger partial charge in [0, 0.05) is 28.8 Å². The van der Waals surface area contributed by atoms with E-state index in [2.05, 4.69) is 44.7 Å². The Kier molecular flexibility index (Phi) is 6.30. The minimum absolute atomic E-state index is 0.0737. The standard InChI is InChI=1S/C26H23Cl2N5S/c1-16-13-20(17(2)33(16)23-10-9-18(27)14-21(23)28)25-24(22-8-4-6-12-30-22)31-26(34)32(25)15-19-7-3-5-11-29-19/h3-14,24-25H,15H2,1-2H3,(H,31,34)/t24-,25+/m0/s1. The number of halogens is 2. The highest BCUT2D eigenvalue weighted by Gasteiger charge is 2.41. The van der Waals surface area contributed by atoms with Crippen molar-refractivity contribution >= 4 is 40.5 Å². The lowest BCUT2D eigenvalue weighted by Crippen LogP contribution is -2.29. The molecule has 172 valence electrons. The third kappa shape index (κ3) is 4.17. The first-order chi connectivity index (χ1) is 16.4. The van der Waals surface area contributed by atoms with E-state index in [9.17, 15) is 0 Å². The van der Waals surface area contributed by atoms with Crippen LogP contribution in [0.3, 0.4) is 0 Å². The van der Waals surface area contributed by atoms with Gasteiger partial charge in [-0.3, -0.25) is 9.97 Å². The molecule has 4 aromatic rings. The van der Waals surface area contributed by atoms with Crippen LogP contribution in [0.5, 0.6) is 0 Å². The first-order valence-electron chi connectivity index (χ1n) is 11.0. The van der Waals surface area contributed by atoms with Gasteiger partial charge in [0.25, 0.3) is 0 Å². The second kappa shape index (κ2) is 9.37.